The fourth-order valence-electron chi connectivity index (χ4n) is 2.72. The van der Waals surface area contributed by atoms with E-state index < -0.39 is 12.0 Å². The Bertz CT molecular complexity index is 382. The minimum Gasteiger partial charge on any atom is -0.480 e. The third-order valence-electron chi connectivity index (χ3n) is 3.76. The molecule has 2 saturated heterocycles. The molecular weight excluding hydrogens is 236 g/mol. The van der Waals surface area contributed by atoms with Crippen LogP contribution in [0.3, 0.4) is 0 Å². The molecule has 2 aliphatic rings. The largest absolute Gasteiger partial charge is 0.480 e. The number of carboxylic acid groups (broad SMARTS) is 1. The highest BCUT2D eigenvalue weighted by Gasteiger charge is 2.39. The van der Waals surface area contributed by atoms with Gasteiger partial charge in [0.05, 0.1) is 5.92 Å². The first-order valence-electron chi connectivity index (χ1n) is 6.28. The van der Waals surface area contributed by atoms with E-state index in [-0.39, 0.29) is 24.2 Å². The predicted octanol–water partition coefficient (Wildman–Crippen LogP) is -0.0696. The average Bonchev–Trinajstić information content (AvgIpc) is 2.68. The Hall–Kier alpha value is -1.59. The van der Waals surface area contributed by atoms with Crippen molar-refractivity contribution in [2.75, 3.05) is 20.1 Å². The number of likely N-dealkylation sites (tertiary alicyclic amines) is 2. The summed E-state index contributed by atoms with van der Waals surface area (Å²) in [6.07, 6.45) is 2.39. The molecule has 6 heteroatoms. The van der Waals surface area contributed by atoms with Gasteiger partial charge in [-0.05, 0) is 19.3 Å². The molecular formula is C12H18N2O4. The highest BCUT2D eigenvalue weighted by Crippen LogP contribution is 2.24. The van der Waals surface area contributed by atoms with E-state index in [2.05, 4.69) is 0 Å². The van der Waals surface area contributed by atoms with Gasteiger partial charge in [-0.15, -0.1) is 0 Å². The Morgan fingerprint density at radius 3 is 2.61 bits per heavy atom. The zero-order valence-electron chi connectivity index (χ0n) is 10.5. The summed E-state index contributed by atoms with van der Waals surface area (Å²) in [5.41, 5.74) is 0. The summed E-state index contributed by atoms with van der Waals surface area (Å²) in [6.45, 7) is 0.894. The van der Waals surface area contributed by atoms with E-state index in [9.17, 15) is 14.4 Å². The predicted molar refractivity (Wildman–Crippen MR) is 62.7 cm³/mol. The summed E-state index contributed by atoms with van der Waals surface area (Å²) in [5.74, 6) is -1.54. The van der Waals surface area contributed by atoms with E-state index in [4.69, 9.17) is 5.11 Å². The van der Waals surface area contributed by atoms with Gasteiger partial charge in [-0.1, -0.05) is 0 Å². The molecule has 2 heterocycles. The Kier molecular flexibility index (Phi) is 3.54. The highest BCUT2D eigenvalue weighted by molar-refractivity contribution is 5.91. The van der Waals surface area contributed by atoms with E-state index in [1.54, 1.807) is 7.05 Å². The Labute approximate surface area is 106 Å². The molecule has 6 nitrogen and oxygen atoms in total. The standard InChI is InChI=1S/C12H18N2O4/c1-13-7-8(6-10(13)15)11(16)14-5-3-2-4-9(14)12(17)18/h8-9H,2-7H2,1H3,(H,17,18)/t8?,9-/m0/s1. The molecule has 1 unspecified atom stereocenters. The van der Waals surface area contributed by atoms with Crippen LogP contribution in [0, 0.1) is 5.92 Å². The number of carbonyl (C=O) groups excluding carboxylic acids is 2. The van der Waals surface area contributed by atoms with Gasteiger partial charge in [0.2, 0.25) is 11.8 Å². The third-order valence-corrected chi connectivity index (χ3v) is 3.76. The zero-order chi connectivity index (χ0) is 13.3. The summed E-state index contributed by atoms with van der Waals surface area (Å²) in [7, 11) is 1.67. The van der Waals surface area contributed by atoms with Crippen molar-refractivity contribution in [1.29, 1.82) is 0 Å². The second-order valence-corrected chi connectivity index (χ2v) is 5.06. The number of piperidine rings is 1. The average molecular weight is 254 g/mol. The van der Waals surface area contributed by atoms with Crippen LogP contribution >= 0.6 is 0 Å². The molecule has 0 saturated carbocycles. The van der Waals surface area contributed by atoms with Crippen LogP contribution in [0.4, 0.5) is 0 Å². The molecule has 1 N–H and O–H groups in total. The lowest BCUT2D eigenvalue weighted by Crippen LogP contribution is -2.50. The molecule has 0 aliphatic carbocycles. The Morgan fingerprint density at radius 2 is 2.06 bits per heavy atom. The van der Waals surface area contributed by atoms with Crippen molar-refractivity contribution in [3.05, 3.63) is 0 Å². The van der Waals surface area contributed by atoms with Gasteiger partial charge in [0.25, 0.3) is 0 Å². The molecule has 18 heavy (non-hydrogen) atoms. The molecule has 2 amide bonds. The summed E-state index contributed by atoms with van der Waals surface area (Å²) in [4.78, 5) is 37.8. The molecule has 0 aromatic heterocycles. The maximum Gasteiger partial charge on any atom is 0.326 e. The van der Waals surface area contributed by atoms with E-state index in [0.29, 0.717) is 19.5 Å². The van der Waals surface area contributed by atoms with E-state index in [0.717, 1.165) is 12.8 Å². The van der Waals surface area contributed by atoms with Crippen molar-refractivity contribution in [3.8, 4) is 0 Å². The first kappa shape index (κ1) is 12.9. The molecule has 2 aliphatic heterocycles. The number of carbonyl (C=O) groups is 3. The number of hydrogen-bond donors (Lipinski definition) is 1. The first-order chi connectivity index (χ1) is 8.50. The van der Waals surface area contributed by atoms with E-state index in [1.807, 2.05) is 0 Å². The summed E-state index contributed by atoms with van der Waals surface area (Å²) in [6, 6.07) is -0.716. The number of aliphatic carboxylic acids is 1. The van der Waals surface area contributed by atoms with Crippen molar-refractivity contribution in [2.45, 2.75) is 31.7 Å². The van der Waals surface area contributed by atoms with Gasteiger partial charge >= 0.3 is 5.97 Å². The minimum atomic E-state index is -0.944. The molecule has 0 aromatic carbocycles. The van der Waals surface area contributed by atoms with Crippen LogP contribution in [0.25, 0.3) is 0 Å². The fraction of sp³-hybridized carbons (Fsp3) is 0.750. The summed E-state index contributed by atoms with van der Waals surface area (Å²) in [5, 5.41) is 9.13. The second-order valence-electron chi connectivity index (χ2n) is 5.06. The third kappa shape index (κ3) is 2.32. The monoisotopic (exact) mass is 254 g/mol. The van der Waals surface area contributed by atoms with Crippen LogP contribution in [0.15, 0.2) is 0 Å². The van der Waals surface area contributed by atoms with Crippen LogP contribution in [-0.2, 0) is 14.4 Å². The Balaban J connectivity index is 2.07. The molecule has 0 radical (unpaired) electrons. The number of carboxylic acids is 1. The van der Waals surface area contributed by atoms with E-state index in [1.165, 1.54) is 9.80 Å². The highest BCUT2D eigenvalue weighted by atomic mass is 16.4. The second kappa shape index (κ2) is 4.96. The van der Waals surface area contributed by atoms with Crippen LogP contribution in [0.5, 0.6) is 0 Å². The number of rotatable bonds is 2. The first-order valence-corrected chi connectivity index (χ1v) is 6.28. The number of amides is 2. The number of nitrogens with zero attached hydrogens (tertiary/aromatic N) is 2. The van der Waals surface area contributed by atoms with Crippen molar-refractivity contribution < 1.29 is 19.5 Å². The van der Waals surface area contributed by atoms with Gasteiger partial charge in [0.15, 0.2) is 0 Å². The smallest absolute Gasteiger partial charge is 0.326 e. The number of hydrogen-bond acceptors (Lipinski definition) is 3. The lowest BCUT2D eigenvalue weighted by Gasteiger charge is -2.34. The maximum absolute atomic E-state index is 12.3. The molecule has 0 aromatic rings. The van der Waals surface area contributed by atoms with Crippen LogP contribution < -0.4 is 0 Å². The van der Waals surface area contributed by atoms with E-state index >= 15 is 0 Å². The van der Waals surface area contributed by atoms with Gasteiger partial charge in [-0.25, -0.2) is 4.79 Å². The van der Waals surface area contributed by atoms with Crippen molar-refractivity contribution in [3.63, 3.8) is 0 Å². The van der Waals surface area contributed by atoms with Crippen molar-refractivity contribution >= 4 is 17.8 Å². The molecule has 0 bridgehead atoms. The van der Waals surface area contributed by atoms with Crippen LogP contribution in [-0.4, -0.2) is 58.9 Å². The van der Waals surface area contributed by atoms with Gasteiger partial charge < -0.3 is 14.9 Å². The topological polar surface area (TPSA) is 77.9 Å². The van der Waals surface area contributed by atoms with Gasteiger partial charge in [0, 0.05) is 26.6 Å². The van der Waals surface area contributed by atoms with Crippen LogP contribution in [0.2, 0.25) is 0 Å². The SMILES string of the molecule is CN1CC(C(=O)N2CCCC[C@H]2C(=O)O)CC1=O. The lowest BCUT2D eigenvalue weighted by atomic mass is 9.98. The molecule has 2 rings (SSSR count). The van der Waals surface area contributed by atoms with Crippen molar-refractivity contribution in [1.82, 2.24) is 9.80 Å². The molecule has 0 spiro atoms. The lowest BCUT2D eigenvalue weighted by molar-refractivity contribution is -0.153. The zero-order valence-corrected chi connectivity index (χ0v) is 10.5. The molecule has 2 atom stereocenters. The minimum absolute atomic E-state index is 0.0442. The van der Waals surface area contributed by atoms with Gasteiger partial charge in [-0.3, -0.25) is 9.59 Å². The molecule has 100 valence electrons. The van der Waals surface area contributed by atoms with Crippen molar-refractivity contribution in [2.24, 2.45) is 5.92 Å². The summed E-state index contributed by atoms with van der Waals surface area (Å²) >= 11 is 0. The quantitative estimate of drug-likeness (QED) is 0.748. The van der Waals surface area contributed by atoms with Crippen LogP contribution in [0.1, 0.15) is 25.7 Å². The van der Waals surface area contributed by atoms with Gasteiger partial charge in [-0.2, -0.15) is 0 Å². The summed E-state index contributed by atoms with van der Waals surface area (Å²) < 4.78 is 0. The maximum atomic E-state index is 12.3. The molecule has 2 fully saturated rings. The normalized spacial score (nSPS) is 28.6. The van der Waals surface area contributed by atoms with Gasteiger partial charge in [0.1, 0.15) is 6.04 Å². The Morgan fingerprint density at radius 1 is 1.33 bits per heavy atom. The fourth-order valence-corrected chi connectivity index (χ4v) is 2.72.